The first-order valence-corrected chi connectivity index (χ1v) is 10.6. The molecule has 0 amide bonds. The van der Waals surface area contributed by atoms with Gasteiger partial charge in [-0.2, -0.15) is 5.10 Å². The molecule has 4 aromatic rings. The van der Waals surface area contributed by atoms with Crippen LogP contribution in [0.2, 0.25) is 0 Å². The fourth-order valence-electron chi connectivity index (χ4n) is 3.64. The lowest BCUT2D eigenvalue weighted by Crippen LogP contribution is -2.23. The van der Waals surface area contributed by atoms with E-state index in [0.717, 1.165) is 6.42 Å². The van der Waals surface area contributed by atoms with Crippen LogP contribution in [0.5, 0.6) is 0 Å². The molecule has 9 nitrogen and oxygen atoms in total. The molecule has 0 radical (unpaired) electrons. The van der Waals surface area contributed by atoms with Gasteiger partial charge in [0.1, 0.15) is 5.56 Å². The molecule has 0 aliphatic carbocycles. The van der Waals surface area contributed by atoms with Gasteiger partial charge in [-0.25, -0.2) is 9.78 Å². The number of fused-ring (bicyclic) bond motifs is 2. The van der Waals surface area contributed by atoms with E-state index in [1.165, 1.54) is 10.8 Å². The highest BCUT2D eigenvalue weighted by atomic mass is 16.5. The zero-order valence-electron chi connectivity index (χ0n) is 18.5. The van der Waals surface area contributed by atoms with Crippen molar-refractivity contribution in [3.8, 4) is 5.82 Å². The maximum absolute atomic E-state index is 13.3. The zero-order valence-corrected chi connectivity index (χ0v) is 18.5. The minimum Gasteiger partial charge on any atom is -0.462 e. The number of carbonyl (C=O) groups excluding carboxylic acids is 1. The summed E-state index contributed by atoms with van der Waals surface area (Å²) in [5.74, 6) is 0.0474. The van der Waals surface area contributed by atoms with E-state index in [0.29, 0.717) is 34.6 Å². The molecule has 0 unspecified atom stereocenters. The quantitative estimate of drug-likeness (QED) is 0.368. The third-order valence-corrected chi connectivity index (χ3v) is 5.40. The SMILES string of the molecule is CCOC(=O)c1c(-n2ccc3nc4ccn(CCC(C)C)c(=O)c4cc3c2=O)n[nH]c1C. The van der Waals surface area contributed by atoms with E-state index in [4.69, 9.17) is 4.74 Å². The minimum absolute atomic E-state index is 0.148. The Morgan fingerprint density at radius 3 is 2.50 bits per heavy atom. The summed E-state index contributed by atoms with van der Waals surface area (Å²) >= 11 is 0. The number of hydrogen-bond acceptors (Lipinski definition) is 6. The Morgan fingerprint density at radius 1 is 1.12 bits per heavy atom. The third kappa shape index (κ3) is 3.70. The number of esters is 1. The normalized spacial score (nSPS) is 11.5. The largest absolute Gasteiger partial charge is 0.462 e. The van der Waals surface area contributed by atoms with Crippen LogP contribution in [0, 0.1) is 12.8 Å². The van der Waals surface area contributed by atoms with Crippen LogP contribution in [-0.4, -0.2) is 36.9 Å². The second-order valence-corrected chi connectivity index (χ2v) is 8.11. The smallest absolute Gasteiger partial charge is 0.343 e. The molecular weight excluding hydrogens is 410 g/mol. The van der Waals surface area contributed by atoms with Gasteiger partial charge in [-0.1, -0.05) is 13.8 Å². The highest BCUT2D eigenvalue weighted by Crippen LogP contribution is 2.19. The second-order valence-electron chi connectivity index (χ2n) is 8.11. The maximum atomic E-state index is 13.3. The standard InChI is InChI=1S/C23H25N5O4/c1-5-32-23(31)19-14(4)25-26-20(19)28-11-8-18-16(22(28)30)12-15-17(24-18)7-10-27(21(15)29)9-6-13(2)3/h7-8,10-13H,5-6,9H2,1-4H3,(H,25,26). The number of rotatable bonds is 6. The van der Waals surface area contributed by atoms with Crippen LogP contribution in [0.15, 0.2) is 40.2 Å². The van der Waals surface area contributed by atoms with Crippen molar-refractivity contribution in [3.63, 3.8) is 0 Å². The number of aromatic nitrogens is 5. The van der Waals surface area contributed by atoms with Crippen molar-refractivity contribution in [1.29, 1.82) is 0 Å². The fraction of sp³-hybridized carbons (Fsp3) is 0.348. The van der Waals surface area contributed by atoms with Crippen molar-refractivity contribution in [1.82, 2.24) is 24.3 Å². The number of ether oxygens (including phenoxy) is 1. The van der Waals surface area contributed by atoms with Crippen LogP contribution in [0.4, 0.5) is 0 Å². The van der Waals surface area contributed by atoms with Gasteiger partial charge in [0.2, 0.25) is 0 Å². The van der Waals surface area contributed by atoms with Crippen LogP contribution in [0.3, 0.4) is 0 Å². The molecule has 0 saturated heterocycles. The van der Waals surface area contributed by atoms with Gasteiger partial charge in [0.05, 0.1) is 28.4 Å². The number of nitrogens with one attached hydrogen (secondary N) is 1. The summed E-state index contributed by atoms with van der Waals surface area (Å²) in [4.78, 5) is 43.3. The lowest BCUT2D eigenvalue weighted by molar-refractivity contribution is 0.0525. The number of nitrogens with zero attached hydrogens (tertiary/aromatic N) is 4. The van der Waals surface area contributed by atoms with E-state index in [2.05, 4.69) is 29.0 Å². The number of aryl methyl sites for hydroxylation is 2. The van der Waals surface area contributed by atoms with Gasteiger partial charge in [-0.3, -0.25) is 19.3 Å². The Balaban J connectivity index is 1.90. The molecule has 32 heavy (non-hydrogen) atoms. The Morgan fingerprint density at radius 2 is 1.81 bits per heavy atom. The highest BCUT2D eigenvalue weighted by Gasteiger charge is 2.22. The first-order chi connectivity index (χ1) is 15.3. The molecule has 166 valence electrons. The molecular formula is C23H25N5O4. The predicted molar refractivity (Wildman–Crippen MR) is 121 cm³/mol. The topological polar surface area (TPSA) is 112 Å². The first-order valence-electron chi connectivity index (χ1n) is 10.6. The Hall–Kier alpha value is -3.75. The molecule has 0 saturated carbocycles. The predicted octanol–water partition coefficient (Wildman–Crippen LogP) is 2.95. The Bertz CT molecular complexity index is 1440. The number of pyridine rings is 3. The molecule has 0 bridgehead atoms. The van der Waals surface area contributed by atoms with Crippen molar-refractivity contribution in [2.24, 2.45) is 5.92 Å². The average molecular weight is 435 g/mol. The first kappa shape index (κ1) is 21.5. The molecule has 0 fully saturated rings. The van der Waals surface area contributed by atoms with Gasteiger partial charge >= 0.3 is 5.97 Å². The third-order valence-electron chi connectivity index (χ3n) is 5.40. The fourth-order valence-corrected chi connectivity index (χ4v) is 3.64. The molecule has 4 aromatic heterocycles. The zero-order chi connectivity index (χ0) is 23.0. The summed E-state index contributed by atoms with van der Waals surface area (Å²) in [6.45, 7) is 8.40. The van der Waals surface area contributed by atoms with Gasteiger partial charge in [-0.05, 0) is 44.4 Å². The van der Waals surface area contributed by atoms with Crippen LogP contribution in [-0.2, 0) is 11.3 Å². The molecule has 0 aliphatic heterocycles. The van der Waals surface area contributed by atoms with E-state index in [-0.39, 0.29) is 28.9 Å². The molecule has 0 aromatic carbocycles. The van der Waals surface area contributed by atoms with Crippen LogP contribution < -0.4 is 11.1 Å². The van der Waals surface area contributed by atoms with Gasteiger partial charge in [0, 0.05) is 24.6 Å². The van der Waals surface area contributed by atoms with Crippen LogP contribution >= 0.6 is 0 Å². The van der Waals surface area contributed by atoms with E-state index in [1.54, 1.807) is 42.8 Å². The van der Waals surface area contributed by atoms with Crippen LogP contribution in [0.1, 0.15) is 43.2 Å². The summed E-state index contributed by atoms with van der Waals surface area (Å²) in [6, 6.07) is 5.03. The van der Waals surface area contributed by atoms with E-state index in [9.17, 15) is 14.4 Å². The molecule has 0 atom stereocenters. The van der Waals surface area contributed by atoms with Crippen LogP contribution in [0.25, 0.3) is 27.6 Å². The van der Waals surface area contributed by atoms with E-state index < -0.39 is 11.5 Å². The van der Waals surface area contributed by atoms with Gasteiger partial charge < -0.3 is 9.30 Å². The number of aromatic amines is 1. The summed E-state index contributed by atoms with van der Waals surface area (Å²) in [7, 11) is 0. The summed E-state index contributed by atoms with van der Waals surface area (Å²) in [6.07, 6.45) is 4.13. The highest BCUT2D eigenvalue weighted by molar-refractivity contribution is 5.95. The van der Waals surface area contributed by atoms with Crippen molar-refractivity contribution in [3.05, 3.63) is 62.6 Å². The maximum Gasteiger partial charge on any atom is 0.343 e. The number of H-pyrrole nitrogens is 1. The summed E-state index contributed by atoms with van der Waals surface area (Å²) in [5, 5.41) is 7.53. The van der Waals surface area contributed by atoms with E-state index in [1.807, 2.05) is 0 Å². The van der Waals surface area contributed by atoms with Crippen molar-refractivity contribution < 1.29 is 9.53 Å². The van der Waals surface area contributed by atoms with Crippen molar-refractivity contribution >= 4 is 27.8 Å². The molecule has 1 N–H and O–H groups in total. The number of carbonyl (C=O) groups is 1. The van der Waals surface area contributed by atoms with Gasteiger partial charge in [-0.15, -0.1) is 0 Å². The van der Waals surface area contributed by atoms with Crippen molar-refractivity contribution in [2.45, 2.75) is 40.7 Å². The monoisotopic (exact) mass is 435 g/mol. The molecule has 4 heterocycles. The summed E-state index contributed by atoms with van der Waals surface area (Å²) in [5.41, 5.74) is 1.07. The molecule has 0 spiro atoms. The lowest BCUT2D eigenvalue weighted by atomic mass is 10.1. The summed E-state index contributed by atoms with van der Waals surface area (Å²) < 4.78 is 8.03. The molecule has 4 rings (SSSR count). The second kappa shape index (κ2) is 8.41. The molecule has 0 aliphatic rings. The average Bonchev–Trinajstić information content (AvgIpc) is 3.14. The van der Waals surface area contributed by atoms with E-state index >= 15 is 0 Å². The minimum atomic E-state index is -0.564. The molecule has 9 heteroatoms. The lowest BCUT2D eigenvalue weighted by Gasteiger charge is -2.10. The van der Waals surface area contributed by atoms with Crippen molar-refractivity contribution in [2.75, 3.05) is 6.61 Å². The number of hydrogen-bond donors (Lipinski definition) is 1. The van der Waals surface area contributed by atoms with Gasteiger partial charge in [0.25, 0.3) is 11.1 Å². The van der Waals surface area contributed by atoms with Gasteiger partial charge in [0.15, 0.2) is 5.82 Å². The Kier molecular flexibility index (Phi) is 5.65. The Labute approximate surface area is 183 Å².